The van der Waals surface area contributed by atoms with Crippen LogP contribution in [0, 0.1) is 18.8 Å². The molecule has 18 heavy (non-hydrogen) atoms. The lowest BCUT2D eigenvalue weighted by atomic mass is 10.2. The van der Waals surface area contributed by atoms with E-state index in [4.69, 9.17) is 4.74 Å². The molecule has 0 bridgehead atoms. The van der Waals surface area contributed by atoms with E-state index in [1.165, 1.54) is 0 Å². The molecular formula is C14H27N3O. The van der Waals surface area contributed by atoms with Crippen molar-refractivity contribution >= 4 is 5.95 Å². The van der Waals surface area contributed by atoms with Crippen molar-refractivity contribution in [3.05, 3.63) is 11.9 Å². The molecule has 0 amide bonds. The van der Waals surface area contributed by atoms with E-state index in [-0.39, 0.29) is 0 Å². The van der Waals surface area contributed by atoms with Gasteiger partial charge in [0.15, 0.2) is 0 Å². The molecule has 0 atom stereocenters. The van der Waals surface area contributed by atoms with E-state index in [2.05, 4.69) is 48.8 Å². The molecule has 1 aromatic heterocycles. The van der Waals surface area contributed by atoms with Crippen molar-refractivity contribution in [3.63, 3.8) is 0 Å². The van der Waals surface area contributed by atoms with Gasteiger partial charge in [0.1, 0.15) is 0 Å². The quantitative estimate of drug-likeness (QED) is 0.724. The topological polar surface area (TPSA) is 39.1 Å². The lowest BCUT2D eigenvalue weighted by molar-refractivity contribution is 0.103. The Hall–Kier alpha value is -1.03. The van der Waals surface area contributed by atoms with Gasteiger partial charge in [0, 0.05) is 25.9 Å². The molecule has 4 nitrogen and oxygen atoms in total. The predicted molar refractivity (Wildman–Crippen MR) is 75.9 cm³/mol. The van der Waals surface area contributed by atoms with Gasteiger partial charge in [-0.1, -0.05) is 27.7 Å². The average Bonchev–Trinajstić information content (AvgIpc) is 2.62. The molecule has 1 aromatic rings. The molecule has 1 N–H and O–H groups in total. The monoisotopic (exact) mass is 253 g/mol. The average molecular weight is 253 g/mol. The highest BCUT2D eigenvalue weighted by molar-refractivity contribution is 5.28. The summed E-state index contributed by atoms with van der Waals surface area (Å²) in [7, 11) is 0. The van der Waals surface area contributed by atoms with Crippen molar-refractivity contribution in [1.29, 1.82) is 0 Å². The van der Waals surface area contributed by atoms with Gasteiger partial charge >= 0.3 is 0 Å². The number of aromatic nitrogens is 2. The van der Waals surface area contributed by atoms with Gasteiger partial charge in [-0.25, -0.2) is 4.98 Å². The van der Waals surface area contributed by atoms with Crippen LogP contribution in [0.5, 0.6) is 0 Å². The van der Waals surface area contributed by atoms with Crippen LogP contribution in [0.3, 0.4) is 0 Å². The molecule has 0 saturated heterocycles. The minimum absolute atomic E-state index is 0.591. The van der Waals surface area contributed by atoms with Crippen LogP contribution in [0.1, 0.15) is 33.4 Å². The smallest absolute Gasteiger partial charge is 0.203 e. The van der Waals surface area contributed by atoms with Crippen molar-refractivity contribution in [3.8, 4) is 0 Å². The summed E-state index contributed by atoms with van der Waals surface area (Å²) in [5.74, 6) is 2.16. The summed E-state index contributed by atoms with van der Waals surface area (Å²) < 4.78 is 7.75. The molecular weight excluding hydrogens is 226 g/mol. The second-order valence-electron chi connectivity index (χ2n) is 5.64. The number of nitrogens with one attached hydrogen (secondary N) is 1. The minimum Gasteiger partial charge on any atom is -0.379 e. The highest BCUT2D eigenvalue weighted by Gasteiger charge is 2.05. The third-order valence-electron chi connectivity index (χ3n) is 2.49. The first kappa shape index (κ1) is 15.0. The number of hydrogen-bond donors (Lipinski definition) is 1. The van der Waals surface area contributed by atoms with Crippen LogP contribution in [-0.4, -0.2) is 29.3 Å². The van der Waals surface area contributed by atoms with Crippen LogP contribution in [0.2, 0.25) is 0 Å². The van der Waals surface area contributed by atoms with Crippen LogP contribution >= 0.6 is 0 Å². The molecule has 0 fully saturated rings. The lowest BCUT2D eigenvalue weighted by Gasteiger charge is -2.12. The Morgan fingerprint density at radius 1 is 1.28 bits per heavy atom. The van der Waals surface area contributed by atoms with Crippen LogP contribution in [0.4, 0.5) is 5.95 Å². The second-order valence-corrected chi connectivity index (χ2v) is 5.64. The first-order chi connectivity index (χ1) is 8.49. The van der Waals surface area contributed by atoms with Crippen molar-refractivity contribution in [2.75, 3.05) is 25.1 Å². The van der Waals surface area contributed by atoms with Crippen LogP contribution in [0.25, 0.3) is 0 Å². The standard InChI is InChI=1S/C14H27N3O/c1-11(2)8-15-14-16-13(5)9-17(14)6-7-18-10-12(3)4/h9,11-12H,6-8,10H2,1-5H3,(H,15,16). The number of anilines is 1. The maximum Gasteiger partial charge on any atom is 0.203 e. The molecule has 0 saturated carbocycles. The molecule has 0 aliphatic carbocycles. The Balaban J connectivity index is 2.43. The number of nitrogens with zero attached hydrogens (tertiary/aromatic N) is 2. The molecule has 0 radical (unpaired) electrons. The zero-order valence-electron chi connectivity index (χ0n) is 12.4. The summed E-state index contributed by atoms with van der Waals surface area (Å²) in [6, 6.07) is 0. The van der Waals surface area contributed by atoms with Gasteiger partial charge in [0.2, 0.25) is 5.95 Å². The van der Waals surface area contributed by atoms with Gasteiger partial charge in [0.05, 0.1) is 12.3 Å². The third kappa shape index (κ3) is 5.54. The van der Waals surface area contributed by atoms with E-state index in [0.717, 1.165) is 37.9 Å². The number of rotatable bonds is 8. The van der Waals surface area contributed by atoms with E-state index < -0.39 is 0 Å². The van der Waals surface area contributed by atoms with Crippen LogP contribution < -0.4 is 5.32 Å². The Morgan fingerprint density at radius 2 is 2.00 bits per heavy atom. The Kier molecular flexibility index (Phi) is 6.19. The van der Waals surface area contributed by atoms with Crippen molar-refractivity contribution in [2.45, 2.75) is 41.2 Å². The summed E-state index contributed by atoms with van der Waals surface area (Å²) in [4.78, 5) is 4.49. The second kappa shape index (κ2) is 7.41. The van der Waals surface area contributed by atoms with Crippen molar-refractivity contribution < 1.29 is 4.74 Å². The summed E-state index contributed by atoms with van der Waals surface area (Å²) in [5, 5.41) is 3.38. The van der Waals surface area contributed by atoms with Gasteiger partial charge in [-0.05, 0) is 18.8 Å². The number of imidazole rings is 1. The maximum absolute atomic E-state index is 5.61. The lowest BCUT2D eigenvalue weighted by Crippen LogP contribution is -2.15. The third-order valence-corrected chi connectivity index (χ3v) is 2.49. The van der Waals surface area contributed by atoms with Crippen LogP contribution in [-0.2, 0) is 11.3 Å². The first-order valence-electron chi connectivity index (χ1n) is 6.84. The van der Waals surface area contributed by atoms with E-state index in [0.29, 0.717) is 11.8 Å². The van der Waals surface area contributed by atoms with Gasteiger partial charge in [-0.2, -0.15) is 0 Å². The SMILES string of the molecule is Cc1cn(CCOCC(C)C)c(NCC(C)C)n1. The van der Waals surface area contributed by atoms with E-state index >= 15 is 0 Å². The minimum atomic E-state index is 0.591. The molecule has 0 aliphatic rings. The van der Waals surface area contributed by atoms with Gasteiger partial charge in [0.25, 0.3) is 0 Å². The number of ether oxygens (including phenoxy) is 1. The summed E-state index contributed by atoms with van der Waals surface area (Å²) in [6.45, 7) is 14.1. The molecule has 4 heteroatoms. The molecule has 104 valence electrons. The zero-order valence-corrected chi connectivity index (χ0v) is 12.4. The van der Waals surface area contributed by atoms with E-state index in [9.17, 15) is 0 Å². The summed E-state index contributed by atoms with van der Waals surface area (Å²) in [6.07, 6.45) is 2.07. The maximum atomic E-state index is 5.61. The molecule has 0 aliphatic heterocycles. The highest BCUT2D eigenvalue weighted by Crippen LogP contribution is 2.09. The van der Waals surface area contributed by atoms with E-state index in [1.54, 1.807) is 0 Å². The summed E-state index contributed by atoms with van der Waals surface area (Å²) >= 11 is 0. The van der Waals surface area contributed by atoms with Gasteiger partial charge in [-0.3, -0.25) is 0 Å². The van der Waals surface area contributed by atoms with Crippen molar-refractivity contribution in [2.24, 2.45) is 11.8 Å². The summed E-state index contributed by atoms with van der Waals surface area (Å²) in [5.41, 5.74) is 1.05. The van der Waals surface area contributed by atoms with Crippen LogP contribution in [0.15, 0.2) is 6.20 Å². The number of aryl methyl sites for hydroxylation is 1. The molecule has 0 spiro atoms. The Morgan fingerprint density at radius 3 is 2.61 bits per heavy atom. The molecule has 0 aromatic carbocycles. The first-order valence-corrected chi connectivity index (χ1v) is 6.84. The number of hydrogen-bond acceptors (Lipinski definition) is 3. The normalized spacial score (nSPS) is 11.5. The van der Waals surface area contributed by atoms with Crippen molar-refractivity contribution in [1.82, 2.24) is 9.55 Å². The fourth-order valence-corrected chi connectivity index (χ4v) is 1.64. The zero-order chi connectivity index (χ0) is 13.5. The van der Waals surface area contributed by atoms with E-state index in [1.807, 2.05) is 6.92 Å². The molecule has 1 rings (SSSR count). The fourth-order valence-electron chi connectivity index (χ4n) is 1.64. The highest BCUT2D eigenvalue weighted by atomic mass is 16.5. The van der Waals surface area contributed by atoms with Gasteiger partial charge in [-0.15, -0.1) is 0 Å². The molecule has 0 unspecified atom stereocenters. The Labute approximate surface area is 111 Å². The fraction of sp³-hybridized carbons (Fsp3) is 0.786. The van der Waals surface area contributed by atoms with Gasteiger partial charge < -0.3 is 14.6 Å². The Bertz CT molecular complexity index is 345. The molecule has 1 heterocycles. The predicted octanol–water partition coefficient (Wildman–Crippen LogP) is 2.93. The largest absolute Gasteiger partial charge is 0.379 e.